The summed E-state index contributed by atoms with van der Waals surface area (Å²) in [6, 6.07) is 0. The molecule has 0 aromatic heterocycles. The Bertz CT molecular complexity index is 524. The molecule has 3 saturated carbocycles. The number of carbonyl (C=O) groups is 1. The third kappa shape index (κ3) is 1.82. The van der Waals surface area contributed by atoms with Crippen molar-refractivity contribution in [2.75, 3.05) is 0 Å². The molecular formula is C20H31NO. The number of nitrogens with two attached hydrogens (primary N) is 1. The molecule has 0 radical (unpaired) electrons. The van der Waals surface area contributed by atoms with E-state index in [1.165, 1.54) is 51.4 Å². The molecule has 0 bridgehead atoms. The lowest BCUT2D eigenvalue weighted by molar-refractivity contribution is -0.128. The minimum atomic E-state index is -0.0423. The van der Waals surface area contributed by atoms with Crippen molar-refractivity contribution in [2.24, 2.45) is 40.2 Å². The van der Waals surface area contributed by atoms with E-state index >= 15 is 0 Å². The molecule has 1 unspecified atom stereocenters. The number of primary amides is 1. The molecule has 6 atom stereocenters. The molecule has 22 heavy (non-hydrogen) atoms. The summed E-state index contributed by atoms with van der Waals surface area (Å²) in [5, 5.41) is 0. The van der Waals surface area contributed by atoms with Gasteiger partial charge in [-0.3, -0.25) is 4.79 Å². The number of hydrogen-bond donors (Lipinski definition) is 1. The predicted octanol–water partition coefficient (Wildman–Crippen LogP) is 4.44. The molecule has 1 amide bonds. The summed E-state index contributed by atoms with van der Waals surface area (Å²) < 4.78 is 0. The van der Waals surface area contributed by atoms with Crippen LogP contribution in [0.5, 0.6) is 0 Å². The van der Waals surface area contributed by atoms with Crippen molar-refractivity contribution in [1.29, 1.82) is 0 Å². The molecule has 0 aromatic rings. The van der Waals surface area contributed by atoms with E-state index in [0.717, 1.165) is 24.2 Å². The standard InChI is InChI=1S/C20H31NO/c1-19-11-4-3-5-13(19)6-7-14-15-8-9-17(18(21)22)20(15,2)12-10-16(14)19/h6,14-17H,3-5,7-12H2,1-2H3,(H2,21,22)/t14-,15-,16+,17?,19-,20-/m0/s1. The van der Waals surface area contributed by atoms with Crippen molar-refractivity contribution in [2.45, 2.75) is 71.6 Å². The van der Waals surface area contributed by atoms with Crippen molar-refractivity contribution in [3.05, 3.63) is 11.6 Å². The van der Waals surface area contributed by atoms with Crippen LogP contribution in [0, 0.1) is 34.5 Å². The minimum Gasteiger partial charge on any atom is -0.369 e. The van der Waals surface area contributed by atoms with Gasteiger partial charge in [0.2, 0.25) is 5.91 Å². The van der Waals surface area contributed by atoms with Crippen LogP contribution in [-0.4, -0.2) is 5.91 Å². The molecule has 4 rings (SSSR count). The third-order valence-electron chi connectivity index (χ3n) is 8.36. The van der Waals surface area contributed by atoms with E-state index in [1.54, 1.807) is 5.57 Å². The van der Waals surface area contributed by atoms with Crippen LogP contribution in [0.3, 0.4) is 0 Å². The van der Waals surface area contributed by atoms with Gasteiger partial charge in [0.1, 0.15) is 0 Å². The number of fused-ring (bicyclic) bond motifs is 5. The topological polar surface area (TPSA) is 43.1 Å². The van der Waals surface area contributed by atoms with Gasteiger partial charge in [0.25, 0.3) is 0 Å². The average Bonchev–Trinajstić information content (AvgIpc) is 2.84. The van der Waals surface area contributed by atoms with Gasteiger partial charge in [-0.15, -0.1) is 0 Å². The van der Waals surface area contributed by atoms with Crippen LogP contribution in [0.2, 0.25) is 0 Å². The minimum absolute atomic E-state index is 0.0423. The van der Waals surface area contributed by atoms with Gasteiger partial charge in [-0.05, 0) is 80.0 Å². The van der Waals surface area contributed by atoms with E-state index in [1.807, 2.05) is 0 Å². The van der Waals surface area contributed by atoms with Crippen molar-refractivity contribution >= 4 is 5.91 Å². The Kier molecular flexibility index (Phi) is 3.26. The molecule has 0 spiro atoms. The third-order valence-corrected chi connectivity index (χ3v) is 8.36. The molecule has 0 aliphatic heterocycles. The van der Waals surface area contributed by atoms with Gasteiger partial charge in [-0.1, -0.05) is 31.9 Å². The van der Waals surface area contributed by atoms with Crippen LogP contribution >= 0.6 is 0 Å². The van der Waals surface area contributed by atoms with Gasteiger partial charge < -0.3 is 5.73 Å². The zero-order valence-corrected chi connectivity index (χ0v) is 14.2. The second-order valence-electron chi connectivity index (χ2n) is 9.04. The van der Waals surface area contributed by atoms with Crippen molar-refractivity contribution in [1.82, 2.24) is 0 Å². The van der Waals surface area contributed by atoms with Gasteiger partial charge in [-0.2, -0.15) is 0 Å². The highest BCUT2D eigenvalue weighted by molar-refractivity contribution is 5.78. The van der Waals surface area contributed by atoms with Crippen LogP contribution in [0.25, 0.3) is 0 Å². The zero-order valence-electron chi connectivity index (χ0n) is 14.2. The highest BCUT2D eigenvalue weighted by Crippen LogP contribution is 2.66. The summed E-state index contributed by atoms with van der Waals surface area (Å²) in [5.41, 5.74) is 8.16. The monoisotopic (exact) mass is 301 g/mol. The van der Waals surface area contributed by atoms with Crippen LogP contribution < -0.4 is 5.73 Å². The van der Waals surface area contributed by atoms with Gasteiger partial charge >= 0.3 is 0 Å². The van der Waals surface area contributed by atoms with Crippen LogP contribution in [0.15, 0.2) is 11.6 Å². The lowest BCUT2D eigenvalue weighted by atomic mass is 9.47. The highest BCUT2D eigenvalue weighted by atomic mass is 16.1. The second kappa shape index (κ2) is 4.85. The molecule has 4 aliphatic carbocycles. The summed E-state index contributed by atoms with van der Waals surface area (Å²) in [6.07, 6.45) is 14.2. The first kappa shape index (κ1) is 14.8. The first-order valence-electron chi connectivity index (χ1n) is 9.45. The molecule has 2 nitrogen and oxygen atoms in total. The fourth-order valence-electron chi connectivity index (χ4n) is 7.17. The number of hydrogen-bond acceptors (Lipinski definition) is 1. The van der Waals surface area contributed by atoms with E-state index in [-0.39, 0.29) is 17.2 Å². The molecule has 0 aromatic carbocycles. The summed E-state index contributed by atoms with van der Waals surface area (Å²) in [6.45, 7) is 4.93. The van der Waals surface area contributed by atoms with E-state index in [2.05, 4.69) is 19.9 Å². The predicted molar refractivity (Wildman–Crippen MR) is 89.0 cm³/mol. The van der Waals surface area contributed by atoms with Gasteiger partial charge in [0.05, 0.1) is 0 Å². The average molecular weight is 301 g/mol. The fourth-order valence-corrected chi connectivity index (χ4v) is 7.17. The summed E-state index contributed by atoms with van der Waals surface area (Å²) in [5.74, 6) is 2.47. The number of rotatable bonds is 1. The van der Waals surface area contributed by atoms with Crippen molar-refractivity contribution < 1.29 is 4.79 Å². The second-order valence-corrected chi connectivity index (χ2v) is 9.04. The van der Waals surface area contributed by atoms with E-state index < -0.39 is 0 Å². The van der Waals surface area contributed by atoms with Crippen molar-refractivity contribution in [3.63, 3.8) is 0 Å². The van der Waals surface area contributed by atoms with Gasteiger partial charge in [-0.25, -0.2) is 0 Å². The molecule has 122 valence electrons. The Morgan fingerprint density at radius 2 is 1.95 bits per heavy atom. The molecule has 4 aliphatic rings. The van der Waals surface area contributed by atoms with E-state index in [0.29, 0.717) is 5.41 Å². The van der Waals surface area contributed by atoms with Crippen LogP contribution in [-0.2, 0) is 4.79 Å². The zero-order chi connectivity index (χ0) is 15.5. The Morgan fingerprint density at radius 3 is 2.73 bits per heavy atom. The fraction of sp³-hybridized carbons (Fsp3) is 0.850. The molecule has 0 heterocycles. The maximum absolute atomic E-state index is 11.9. The Balaban J connectivity index is 1.68. The highest BCUT2D eigenvalue weighted by Gasteiger charge is 2.59. The van der Waals surface area contributed by atoms with E-state index in [4.69, 9.17) is 5.73 Å². The quantitative estimate of drug-likeness (QED) is 0.715. The molecule has 2 heteroatoms. The summed E-state index contributed by atoms with van der Waals surface area (Å²) in [7, 11) is 0. The lowest BCUT2D eigenvalue weighted by Crippen LogP contribution is -2.50. The molecule has 2 N–H and O–H groups in total. The summed E-state index contributed by atoms with van der Waals surface area (Å²) >= 11 is 0. The first-order chi connectivity index (χ1) is 10.5. The van der Waals surface area contributed by atoms with Crippen LogP contribution in [0.4, 0.5) is 0 Å². The number of allylic oxidation sites excluding steroid dienone is 2. The summed E-state index contributed by atoms with van der Waals surface area (Å²) in [4.78, 5) is 11.9. The Labute approximate surface area is 134 Å². The number of carbonyl (C=O) groups excluding carboxylic acids is 1. The largest absolute Gasteiger partial charge is 0.369 e. The SMILES string of the molecule is C[C@]12CCCCC1=CC[C@@H]1[C@H]2CC[C@]2(C)C(C(N)=O)CC[C@@H]12. The normalized spacial score (nSPS) is 50.5. The number of amides is 1. The first-order valence-corrected chi connectivity index (χ1v) is 9.45. The smallest absolute Gasteiger partial charge is 0.221 e. The Hall–Kier alpha value is -0.790. The molecule has 0 saturated heterocycles. The van der Waals surface area contributed by atoms with Crippen LogP contribution in [0.1, 0.15) is 71.6 Å². The Morgan fingerprint density at radius 1 is 1.14 bits per heavy atom. The molecular weight excluding hydrogens is 270 g/mol. The van der Waals surface area contributed by atoms with Crippen molar-refractivity contribution in [3.8, 4) is 0 Å². The molecule has 3 fully saturated rings. The van der Waals surface area contributed by atoms with E-state index in [9.17, 15) is 4.79 Å². The lowest BCUT2D eigenvalue weighted by Gasteiger charge is -2.57. The van der Waals surface area contributed by atoms with Gasteiger partial charge in [0.15, 0.2) is 0 Å². The maximum Gasteiger partial charge on any atom is 0.221 e. The maximum atomic E-state index is 11.9. The van der Waals surface area contributed by atoms with Gasteiger partial charge in [0, 0.05) is 5.92 Å².